The van der Waals surface area contributed by atoms with E-state index < -0.39 is 11.8 Å². The maximum Gasteiger partial charge on any atom is 0.338 e. The number of esters is 1. The second-order valence-corrected chi connectivity index (χ2v) is 6.54. The summed E-state index contributed by atoms with van der Waals surface area (Å²) in [7, 11) is 1.38. The van der Waals surface area contributed by atoms with Crippen LogP contribution in [0, 0.1) is 5.82 Å². The van der Waals surface area contributed by atoms with E-state index in [4.69, 9.17) is 9.47 Å². The van der Waals surface area contributed by atoms with Crippen molar-refractivity contribution < 1.29 is 23.5 Å². The molecule has 25 heavy (non-hydrogen) atoms. The fourth-order valence-corrected chi connectivity index (χ4v) is 3.32. The highest BCUT2D eigenvalue weighted by atomic mass is 32.2. The summed E-state index contributed by atoms with van der Waals surface area (Å²) in [5.74, 6) is -0.297. The SMILES string of the molecule is COc1ccc(COC(=O)c2ccc3c(c2)NC(=O)CCS3)cc1F. The number of hydrogen-bond acceptors (Lipinski definition) is 5. The molecule has 0 radical (unpaired) electrons. The number of carbonyl (C=O) groups is 2. The van der Waals surface area contributed by atoms with Gasteiger partial charge in [-0.15, -0.1) is 11.8 Å². The van der Waals surface area contributed by atoms with Gasteiger partial charge in [0.2, 0.25) is 5.91 Å². The molecule has 0 saturated heterocycles. The Balaban J connectivity index is 1.69. The van der Waals surface area contributed by atoms with Crippen LogP contribution in [0.3, 0.4) is 0 Å². The highest BCUT2D eigenvalue weighted by Gasteiger charge is 2.16. The predicted octanol–water partition coefficient (Wildman–Crippen LogP) is 3.63. The van der Waals surface area contributed by atoms with E-state index in [0.717, 1.165) is 4.90 Å². The number of amides is 1. The van der Waals surface area contributed by atoms with Gasteiger partial charge in [0.05, 0.1) is 18.4 Å². The molecule has 0 atom stereocenters. The van der Waals surface area contributed by atoms with Crippen molar-refractivity contribution >= 4 is 29.3 Å². The average Bonchev–Trinajstić information content (AvgIpc) is 2.79. The Morgan fingerprint density at radius 1 is 1.28 bits per heavy atom. The zero-order chi connectivity index (χ0) is 17.8. The van der Waals surface area contributed by atoms with Gasteiger partial charge in [0.1, 0.15) is 6.61 Å². The molecule has 0 bridgehead atoms. The highest BCUT2D eigenvalue weighted by Crippen LogP contribution is 2.31. The largest absolute Gasteiger partial charge is 0.494 e. The summed E-state index contributed by atoms with van der Waals surface area (Å²) < 4.78 is 23.7. The molecule has 1 aliphatic heterocycles. The lowest BCUT2D eigenvalue weighted by Crippen LogP contribution is -2.11. The van der Waals surface area contributed by atoms with Crippen molar-refractivity contribution in [2.75, 3.05) is 18.2 Å². The first kappa shape index (κ1) is 17.3. The normalized spacial score (nSPS) is 13.4. The fraction of sp³-hybridized carbons (Fsp3) is 0.222. The lowest BCUT2D eigenvalue weighted by molar-refractivity contribution is -0.115. The standard InChI is InChI=1S/C18H16FNO4S/c1-23-15-4-2-11(8-13(15)19)10-24-18(22)12-3-5-16-14(9-12)20-17(21)6-7-25-16/h2-5,8-9H,6-7,10H2,1H3,(H,20,21). The van der Waals surface area contributed by atoms with Gasteiger partial charge in [0.15, 0.2) is 11.6 Å². The number of ether oxygens (including phenoxy) is 2. The minimum absolute atomic E-state index is 0.0576. The molecule has 130 valence electrons. The van der Waals surface area contributed by atoms with Crippen molar-refractivity contribution in [1.29, 1.82) is 0 Å². The second kappa shape index (κ2) is 7.57. The minimum atomic E-state index is -0.539. The molecule has 1 heterocycles. The minimum Gasteiger partial charge on any atom is -0.494 e. The third-order valence-corrected chi connectivity index (χ3v) is 4.74. The smallest absolute Gasteiger partial charge is 0.338 e. The molecule has 2 aromatic carbocycles. The van der Waals surface area contributed by atoms with Gasteiger partial charge in [-0.05, 0) is 35.9 Å². The Bertz CT molecular complexity index is 825. The Kier molecular flexibility index (Phi) is 5.23. The van der Waals surface area contributed by atoms with Gasteiger partial charge in [-0.1, -0.05) is 6.07 Å². The number of carbonyl (C=O) groups excluding carboxylic acids is 2. The number of thioether (sulfide) groups is 1. The van der Waals surface area contributed by atoms with Gasteiger partial charge in [-0.2, -0.15) is 0 Å². The number of fused-ring (bicyclic) bond motifs is 1. The summed E-state index contributed by atoms with van der Waals surface area (Å²) in [5.41, 5.74) is 1.46. The molecule has 0 fully saturated rings. The van der Waals surface area contributed by atoms with Gasteiger partial charge >= 0.3 is 5.97 Å². The quantitative estimate of drug-likeness (QED) is 0.843. The van der Waals surface area contributed by atoms with Crippen LogP contribution in [0.1, 0.15) is 22.3 Å². The molecule has 0 unspecified atom stereocenters. The molecule has 3 rings (SSSR count). The molecule has 1 amide bonds. The van der Waals surface area contributed by atoms with Crippen LogP contribution in [0.25, 0.3) is 0 Å². The number of methoxy groups -OCH3 is 1. The molecule has 0 spiro atoms. The summed E-state index contributed by atoms with van der Waals surface area (Å²) in [6, 6.07) is 9.41. The number of hydrogen-bond donors (Lipinski definition) is 1. The van der Waals surface area contributed by atoms with Crippen molar-refractivity contribution in [3.8, 4) is 5.75 Å². The lowest BCUT2D eigenvalue weighted by atomic mass is 10.2. The maximum absolute atomic E-state index is 13.7. The lowest BCUT2D eigenvalue weighted by Gasteiger charge is -2.10. The molecule has 1 N–H and O–H groups in total. The van der Waals surface area contributed by atoms with Gasteiger partial charge in [-0.25, -0.2) is 9.18 Å². The summed E-state index contributed by atoms with van der Waals surface area (Å²) in [4.78, 5) is 24.8. The van der Waals surface area contributed by atoms with Gasteiger partial charge in [-0.3, -0.25) is 4.79 Å². The molecular formula is C18H16FNO4S. The number of halogens is 1. The van der Waals surface area contributed by atoms with Crippen molar-refractivity contribution in [2.45, 2.75) is 17.9 Å². The van der Waals surface area contributed by atoms with Crippen molar-refractivity contribution in [3.63, 3.8) is 0 Å². The zero-order valence-corrected chi connectivity index (χ0v) is 14.3. The molecule has 0 aliphatic carbocycles. The fourth-order valence-electron chi connectivity index (χ4n) is 2.38. The van der Waals surface area contributed by atoms with E-state index in [0.29, 0.717) is 29.0 Å². The van der Waals surface area contributed by atoms with E-state index in [-0.39, 0.29) is 18.3 Å². The molecular weight excluding hydrogens is 345 g/mol. The van der Waals surface area contributed by atoms with E-state index in [9.17, 15) is 14.0 Å². The zero-order valence-electron chi connectivity index (χ0n) is 13.5. The maximum atomic E-state index is 13.7. The van der Waals surface area contributed by atoms with Crippen molar-refractivity contribution in [3.05, 3.63) is 53.3 Å². The Morgan fingerprint density at radius 2 is 2.12 bits per heavy atom. The molecule has 7 heteroatoms. The van der Waals surface area contributed by atoms with Crippen molar-refractivity contribution in [2.24, 2.45) is 0 Å². The number of rotatable bonds is 4. The highest BCUT2D eigenvalue weighted by molar-refractivity contribution is 7.99. The number of anilines is 1. The molecule has 0 aromatic heterocycles. The van der Waals surface area contributed by atoms with E-state index >= 15 is 0 Å². The van der Waals surface area contributed by atoms with E-state index in [1.54, 1.807) is 36.0 Å². The van der Waals surface area contributed by atoms with Crippen LogP contribution in [0.15, 0.2) is 41.3 Å². The predicted molar refractivity (Wildman–Crippen MR) is 92.5 cm³/mol. The van der Waals surface area contributed by atoms with Crippen LogP contribution in [0.4, 0.5) is 10.1 Å². The first-order chi connectivity index (χ1) is 12.1. The van der Waals surface area contributed by atoms with Crippen LogP contribution in [-0.4, -0.2) is 24.7 Å². The Hall–Kier alpha value is -2.54. The first-order valence-electron chi connectivity index (χ1n) is 7.63. The topological polar surface area (TPSA) is 64.6 Å². The van der Waals surface area contributed by atoms with Crippen LogP contribution in [-0.2, 0) is 16.1 Å². The summed E-state index contributed by atoms with van der Waals surface area (Å²) in [6.07, 6.45) is 0.433. The van der Waals surface area contributed by atoms with Crippen molar-refractivity contribution in [1.82, 2.24) is 0 Å². The third-order valence-electron chi connectivity index (χ3n) is 3.66. The molecule has 0 saturated carbocycles. The second-order valence-electron chi connectivity index (χ2n) is 5.40. The van der Waals surface area contributed by atoms with Crippen LogP contribution < -0.4 is 10.1 Å². The molecule has 5 nitrogen and oxygen atoms in total. The third kappa shape index (κ3) is 4.11. The molecule has 1 aliphatic rings. The van der Waals surface area contributed by atoms with E-state index in [2.05, 4.69) is 5.32 Å². The Morgan fingerprint density at radius 3 is 2.88 bits per heavy atom. The molecule has 2 aromatic rings. The monoisotopic (exact) mass is 361 g/mol. The van der Waals surface area contributed by atoms with Gasteiger partial charge < -0.3 is 14.8 Å². The number of benzene rings is 2. The number of nitrogens with one attached hydrogen (secondary N) is 1. The van der Waals surface area contributed by atoms with Crippen LogP contribution >= 0.6 is 11.8 Å². The summed E-state index contributed by atoms with van der Waals surface area (Å²) in [6.45, 7) is -0.0576. The summed E-state index contributed by atoms with van der Waals surface area (Å²) >= 11 is 1.56. The van der Waals surface area contributed by atoms with Gasteiger partial charge in [0, 0.05) is 17.1 Å². The summed E-state index contributed by atoms with van der Waals surface area (Å²) in [5, 5.41) is 2.78. The van der Waals surface area contributed by atoms with Gasteiger partial charge in [0.25, 0.3) is 0 Å². The van der Waals surface area contributed by atoms with E-state index in [1.165, 1.54) is 19.2 Å². The first-order valence-corrected chi connectivity index (χ1v) is 8.61. The Labute approximate surface area is 148 Å². The van der Waals surface area contributed by atoms with Crippen LogP contribution in [0.5, 0.6) is 5.75 Å². The average molecular weight is 361 g/mol. The van der Waals surface area contributed by atoms with Crippen LogP contribution in [0.2, 0.25) is 0 Å². The van der Waals surface area contributed by atoms with E-state index in [1.807, 2.05) is 0 Å².